The minimum Gasteiger partial charge on any atom is -0.593 e. The molecule has 3 aliphatic carbocycles. The van der Waals surface area contributed by atoms with Crippen LogP contribution >= 0.6 is 0 Å². The number of ether oxygens (including phenoxy) is 2. The molecule has 4 amide bonds. The molecule has 3 N–H and O–H groups in total. The number of furan rings is 1. The lowest BCUT2D eigenvalue weighted by atomic mass is 10.0. The predicted molar refractivity (Wildman–Crippen MR) is 232 cm³/mol. The van der Waals surface area contributed by atoms with Crippen LogP contribution in [0.4, 0.5) is 18.0 Å². The summed E-state index contributed by atoms with van der Waals surface area (Å²) in [5.74, 6) is -2.34. The van der Waals surface area contributed by atoms with Crippen molar-refractivity contribution in [3.8, 4) is 17.3 Å². The molecule has 64 heavy (non-hydrogen) atoms. The second-order valence-corrected chi connectivity index (χ2v) is 18.5. The number of nitrogens with zero attached hydrogens (tertiary/aromatic N) is 3. The average molecular weight is 905 g/mol. The molecule has 6 atom stereocenters. The van der Waals surface area contributed by atoms with Crippen molar-refractivity contribution in [2.75, 3.05) is 6.54 Å². The molecule has 2 aromatic carbocycles. The first-order valence-corrected chi connectivity index (χ1v) is 23.1. The van der Waals surface area contributed by atoms with E-state index in [4.69, 9.17) is 13.9 Å². The van der Waals surface area contributed by atoms with E-state index < -0.39 is 76.6 Å². The number of carbonyl (C=O) groups is 4. The highest BCUT2D eigenvalue weighted by atomic mass is 32.2. The van der Waals surface area contributed by atoms with E-state index in [2.05, 4.69) is 38.5 Å². The number of carbonyl (C=O) groups excluding carboxylic acids is 4. The van der Waals surface area contributed by atoms with Gasteiger partial charge >= 0.3 is 12.3 Å². The number of unbranched alkanes of at least 4 members (excludes halogenated alkanes) is 3. The number of likely N-dealkylation sites (tertiary alicyclic amines) is 1. The summed E-state index contributed by atoms with van der Waals surface area (Å²) in [6.45, 7) is 7.44. The first-order chi connectivity index (χ1) is 30.8. The zero-order chi connectivity index (χ0) is 45.2. The molecule has 1 saturated heterocycles. The van der Waals surface area contributed by atoms with Crippen molar-refractivity contribution in [2.24, 2.45) is 5.92 Å². The summed E-state index contributed by atoms with van der Waals surface area (Å²) >= 11 is -1.63. The fourth-order valence-corrected chi connectivity index (χ4v) is 9.70. The molecule has 4 aromatic rings. The molecule has 2 aromatic heterocycles. The van der Waals surface area contributed by atoms with Crippen LogP contribution in [0.3, 0.4) is 0 Å². The Hall–Kier alpha value is -5.62. The van der Waals surface area contributed by atoms with E-state index in [0.29, 0.717) is 35.7 Å². The van der Waals surface area contributed by atoms with E-state index in [1.807, 2.05) is 6.08 Å². The van der Waals surface area contributed by atoms with E-state index in [9.17, 15) is 36.9 Å². The topological polar surface area (TPSA) is 188 Å². The maximum Gasteiger partial charge on any atom is 0.416 e. The third kappa shape index (κ3) is 9.87. The number of hydrogen-bond acceptors (Lipinski definition) is 10. The third-order valence-corrected chi connectivity index (χ3v) is 13.9. The third-order valence-electron chi connectivity index (χ3n) is 12.4. The van der Waals surface area contributed by atoms with Gasteiger partial charge in [0, 0.05) is 36.1 Å². The zero-order valence-corrected chi connectivity index (χ0v) is 36.0. The van der Waals surface area contributed by atoms with Crippen LogP contribution in [0.1, 0.15) is 89.0 Å². The Morgan fingerprint density at radius 3 is 2.44 bits per heavy atom. The number of rotatable bonds is 18. The lowest BCUT2D eigenvalue weighted by Gasteiger charge is -2.30. The molecule has 0 radical (unpaired) electrons. The van der Waals surface area contributed by atoms with E-state index in [1.54, 1.807) is 30.3 Å². The van der Waals surface area contributed by atoms with Gasteiger partial charge in [-0.3, -0.25) is 14.4 Å². The second kappa shape index (κ2) is 18.8. The van der Waals surface area contributed by atoms with Crippen molar-refractivity contribution in [1.82, 2.24) is 30.2 Å². The highest BCUT2D eigenvalue weighted by Gasteiger charge is 2.62. The van der Waals surface area contributed by atoms with Gasteiger partial charge in [0.25, 0.3) is 11.8 Å². The van der Waals surface area contributed by atoms with Gasteiger partial charge in [-0.1, -0.05) is 49.3 Å². The first kappa shape index (κ1) is 45.0. The molecule has 3 heterocycles. The number of para-hydroxylation sites is 1. The minimum absolute atomic E-state index is 0.0465. The Kier molecular flexibility index (Phi) is 13.2. The molecule has 3 saturated carbocycles. The Balaban J connectivity index is 1.11. The second-order valence-electron chi connectivity index (χ2n) is 17.1. The van der Waals surface area contributed by atoms with Gasteiger partial charge in [0.05, 0.1) is 23.5 Å². The van der Waals surface area contributed by atoms with Gasteiger partial charge in [-0.05, 0) is 75.6 Å². The van der Waals surface area contributed by atoms with Gasteiger partial charge in [-0.25, -0.2) is 9.78 Å². The van der Waals surface area contributed by atoms with Crippen LogP contribution in [0.25, 0.3) is 33.5 Å². The lowest BCUT2D eigenvalue weighted by Crippen LogP contribution is -2.58. The van der Waals surface area contributed by atoms with Crippen molar-refractivity contribution >= 4 is 57.2 Å². The van der Waals surface area contributed by atoms with Crippen LogP contribution in [0.15, 0.2) is 78.3 Å². The molecule has 1 aliphatic heterocycles. The maximum absolute atomic E-state index is 14.8. The van der Waals surface area contributed by atoms with Crippen LogP contribution in [-0.4, -0.2) is 84.9 Å². The molecule has 340 valence electrons. The predicted octanol–water partition coefficient (Wildman–Crippen LogP) is 7.59. The molecule has 1 unspecified atom stereocenters. The SMILES string of the molecule is C=CCCCCC[C@H](NC(=O)OC1CCCC1)C(=O)N1C[C@H](Oc2nc(-c3ccc(C(F)(F)F)cc3)nc3c2oc2ccccc23)C[C@H]1C(=O)N[C@]1(C(=O)N[S+]([O-])C2CC2)C[C@H]1C=C. The number of alkyl carbamates (subject to hydrolysis) is 1. The van der Waals surface area contributed by atoms with E-state index in [-0.39, 0.29) is 60.0 Å². The fraction of sp³-hybridized carbons (Fsp3) is 0.478. The van der Waals surface area contributed by atoms with E-state index >= 15 is 0 Å². The van der Waals surface area contributed by atoms with E-state index in [0.717, 1.165) is 57.1 Å². The molecule has 0 spiro atoms. The summed E-state index contributed by atoms with van der Waals surface area (Å²) in [6.07, 6.45) is 4.86. The summed E-state index contributed by atoms with van der Waals surface area (Å²) < 4.78 is 74.3. The van der Waals surface area contributed by atoms with Crippen LogP contribution in [0.2, 0.25) is 0 Å². The summed E-state index contributed by atoms with van der Waals surface area (Å²) in [7, 11) is 0. The van der Waals surface area contributed by atoms with Crippen molar-refractivity contribution in [2.45, 2.75) is 125 Å². The molecule has 4 aliphatic rings. The van der Waals surface area contributed by atoms with Gasteiger partial charge < -0.3 is 34.0 Å². The van der Waals surface area contributed by atoms with Crippen LogP contribution in [-0.2, 0) is 36.7 Å². The summed E-state index contributed by atoms with van der Waals surface area (Å²) in [5, 5.41) is 6.11. The number of benzene rings is 2. The Bertz CT molecular complexity index is 2400. The Labute approximate surface area is 371 Å². The van der Waals surface area contributed by atoms with Gasteiger partial charge in [0.1, 0.15) is 46.2 Å². The number of amides is 4. The lowest BCUT2D eigenvalue weighted by molar-refractivity contribution is -0.141. The molecule has 0 bridgehead atoms. The maximum atomic E-state index is 14.8. The molecule has 18 heteroatoms. The highest BCUT2D eigenvalue weighted by Crippen LogP contribution is 2.46. The normalized spacial score (nSPS) is 23.1. The molecular formula is C46H51F3N6O8S. The molecule has 14 nitrogen and oxygen atoms in total. The average Bonchev–Trinajstić information content (AvgIpc) is 4.09. The van der Waals surface area contributed by atoms with Crippen LogP contribution in [0.5, 0.6) is 5.88 Å². The number of alkyl halides is 3. The number of nitrogens with one attached hydrogen (secondary N) is 3. The van der Waals surface area contributed by atoms with Crippen LogP contribution in [0, 0.1) is 5.92 Å². The van der Waals surface area contributed by atoms with Gasteiger partial charge in [0.2, 0.25) is 17.4 Å². The standard InChI is InChI=1S/C46H51F3N6O8S/c1-3-5-6-7-8-16-34(50-44(59)62-30-13-9-10-14-30)42(57)55-26-31(24-35(55)40(56)53-45(25-28(45)4-2)43(58)54-64(60)32-22-23-32)61-41-38-37(33-15-11-12-17-36(33)63-38)51-39(52-41)27-18-20-29(21-19-27)46(47,48)49/h3-4,11-12,15,17-21,28,30-32,34-35H,1-2,5-10,13-14,16,22-26H2,(H,50,59)(H,53,56)(H,54,58)/t28-,31-,34+,35+,45-,64?/m1/s1. The van der Waals surface area contributed by atoms with Gasteiger partial charge in [-0.15, -0.1) is 13.2 Å². The zero-order valence-electron chi connectivity index (χ0n) is 35.2. The quantitative estimate of drug-likeness (QED) is 0.0510. The van der Waals surface area contributed by atoms with Crippen molar-refractivity contribution in [3.05, 3.63) is 79.4 Å². The number of aromatic nitrogens is 2. The van der Waals surface area contributed by atoms with Crippen LogP contribution < -0.4 is 20.1 Å². The summed E-state index contributed by atoms with van der Waals surface area (Å²) in [6, 6.07) is 9.11. The van der Waals surface area contributed by atoms with Crippen molar-refractivity contribution < 1.29 is 50.8 Å². The Morgan fingerprint density at radius 2 is 1.75 bits per heavy atom. The smallest absolute Gasteiger partial charge is 0.416 e. The minimum atomic E-state index is -4.56. The number of halogens is 3. The summed E-state index contributed by atoms with van der Waals surface area (Å²) in [4.78, 5) is 67.0. The summed E-state index contributed by atoms with van der Waals surface area (Å²) in [5.41, 5.74) is -1.11. The number of fused-ring (bicyclic) bond motifs is 3. The number of allylic oxidation sites excluding steroid dienone is 1. The van der Waals surface area contributed by atoms with Crippen molar-refractivity contribution in [1.29, 1.82) is 0 Å². The Morgan fingerprint density at radius 1 is 1.00 bits per heavy atom. The molecule has 8 rings (SSSR count). The highest BCUT2D eigenvalue weighted by molar-refractivity contribution is 7.90. The largest absolute Gasteiger partial charge is 0.593 e. The molecular weight excluding hydrogens is 854 g/mol. The first-order valence-electron chi connectivity index (χ1n) is 21.9. The van der Waals surface area contributed by atoms with E-state index in [1.165, 1.54) is 17.0 Å². The monoisotopic (exact) mass is 904 g/mol. The van der Waals surface area contributed by atoms with Crippen molar-refractivity contribution in [3.63, 3.8) is 0 Å². The van der Waals surface area contributed by atoms with Gasteiger partial charge in [0.15, 0.2) is 5.82 Å². The fourth-order valence-electron chi connectivity index (χ4n) is 8.61. The number of hydrogen-bond donors (Lipinski definition) is 3. The van der Waals surface area contributed by atoms with Gasteiger partial charge in [-0.2, -0.15) is 22.9 Å². The molecule has 4 fully saturated rings.